The molecule has 0 aromatic heterocycles. The largest absolute Gasteiger partial charge is 0.743 e. The molecule has 0 bridgehead atoms. The van der Waals surface area contributed by atoms with E-state index in [4.69, 9.17) is 0 Å². The maximum Gasteiger partial charge on any atom is 0.386 e. The molecule has 7 heteroatoms. The van der Waals surface area contributed by atoms with Crippen molar-refractivity contribution >= 4 is 21.9 Å². The van der Waals surface area contributed by atoms with Crippen LogP contribution in [-0.4, -0.2) is 17.6 Å². The van der Waals surface area contributed by atoms with Crippen LogP contribution >= 0.6 is 11.8 Å². The third kappa shape index (κ3) is 2.66. The van der Waals surface area contributed by atoms with Crippen LogP contribution in [0.5, 0.6) is 0 Å². The van der Waals surface area contributed by atoms with Crippen molar-refractivity contribution in [2.45, 2.75) is 9.48 Å². The summed E-state index contributed by atoms with van der Waals surface area (Å²) in [7, 11) is -5.62. The Morgan fingerprint density at radius 3 is 2.14 bits per heavy atom. The van der Waals surface area contributed by atoms with E-state index in [2.05, 4.69) is 0 Å². The third-order valence-corrected chi connectivity index (χ3v) is 3.46. The first-order chi connectivity index (χ1) is 6.33. The molecule has 0 aliphatic rings. The molecule has 0 aliphatic heterocycles. The highest BCUT2D eigenvalue weighted by Crippen LogP contribution is 2.39. The normalized spacial score (nSPS) is 12.8. The molecular weight excluding hydrogens is 234 g/mol. The van der Waals surface area contributed by atoms with Gasteiger partial charge in [-0.25, -0.2) is 8.42 Å². The van der Waals surface area contributed by atoms with Gasteiger partial charge in [0.1, 0.15) is 0 Å². The van der Waals surface area contributed by atoms with E-state index in [1.54, 1.807) is 6.07 Å². The molecule has 0 radical (unpaired) electrons. The molecule has 1 rings (SSSR count). The zero-order chi connectivity index (χ0) is 10.8. The average Bonchev–Trinajstić information content (AvgIpc) is 2.03. The number of rotatable bonds is 3. The van der Waals surface area contributed by atoms with E-state index in [1.807, 2.05) is 0 Å². The van der Waals surface area contributed by atoms with Gasteiger partial charge >= 0.3 is 4.59 Å². The predicted octanol–water partition coefficient (Wildman–Crippen LogP) is 1.87. The van der Waals surface area contributed by atoms with Gasteiger partial charge in [-0.15, -0.1) is 0 Å². The number of alkyl halides is 2. The lowest BCUT2D eigenvalue weighted by atomic mass is 10.4. The second-order valence-electron chi connectivity index (χ2n) is 2.33. The van der Waals surface area contributed by atoms with Crippen molar-refractivity contribution < 1.29 is 21.8 Å². The van der Waals surface area contributed by atoms with E-state index in [0.29, 0.717) is 0 Å². The van der Waals surface area contributed by atoms with Crippen molar-refractivity contribution in [3.8, 4) is 0 Å². The molecule has 0 unspecified atom stereocenters. The molecule has 0 aliphatic carbocycles. The van der Waals surface area contributed by atoms with E-state index in [-0.39, 0.29) is 16.7 Å². The van der Waals surface area contributed by atoms with Gasteiger partial charge < -0.3 is 4.55 Å². The molecule has 0 heterocycles. The summed E-state index contributed by atoms with van der Waals surface area (Å²) in [6.07, 6.45) is 0. The summed E-state index contributed by atoms with van der Waals surface area (Å²) < 4.78 is 51.4. The minimum Gasteiger partial charge on any atom is -0.743 e. The minimum absolute atomic E-state index is 0.0249. The Hall–Kier alpha value is -0.660. The number of hydrogen-bond acceptors (Lipinski definition) is 4. The zero-order valence-electron chi connectivity index (χ0n) is 6.68. The maximum absolute atomic E-state index is 12.7. The number of benzene rings is 1. The second kappa shape index (κ2) is 3.84. The van der Waals surface area contributed by atoms with Crippen LogP contribution in [0, 0.1) is 0 Å². The summed E-state index contributed by atoms with van der Waals surface area (Å²) in [4.78, 5) is 0.0249. The van der Waals surface area contributed by atoms with Gasteiger partial charge in [-0.3, -0.25) is 0 Å². The van der Waals surface area contributed by atoms with Crippen LogP contribution in [0.4, 0.5) is 8.78 Å². The molecule has 0 atom stereocenters. The first kappa shape index (κ1) is 11.4. The molecule has 0 amide bonds. The third-order valence-electron chi connectivity index (χ3n) is 1.27. The molecule has 1 aromatic carbocycles. The van der Waals surface area contributed by atoms with Gasteiger partial charge in [0.25, 0.3) is 0 Å². The van der Waals surface area contributed by atoms with Gasteiger partial charge in [-0.2, -0.15) is 8.78 Å². The van der Waals surface area contributed by atoms with E-state index < -0.39 is 14.7 Å². The molecule has 0 saturated heterocycles. The van der Waals surface area contributed by atoms with Gasteiger partial charge in [0.2, 0.25) is 0 Å². The lowest BCUT2D eigenvalue weighted by Gasteiger charge is -2.18. The number of hydrogen-bond donors (Lipinski definition) is 0. The predicted molar refractivity (Wildman–Crippen MR) is 46.9 cm³/mol. The topological polar surface area (TPSA) is 57.2 Å². The first-order valence-corrected chi connectivity index (χ1v) is 5.63. The highest BCUT2D eigenvalue weighted by atomic mass is 32.3. The molecule has 3 nitrogen and oxygen atoms in total. The molecule has 1 aromatic rings. The van der Waals surface area contributed by atoms with Crippen LogP contribution in [0.2, 0.25) is 0 Å². The smallest absolute Gasteiger partial charge is 0.386 e. The summed E-state index contributed by atoms with van der Waals surface area (Å²) in [6, 6.07) is 7.12. The van der Waals surface area contributed by atoms with Crippen molar-refractivity contribution in [3.63, 3.8) is 0 Å². The fraction of sp³-hybridized carbons (Fsp3) is 0.143. The highest BCUT2D eigenvalue weighted by molar-refractivity contribution is 8.12. The average molecular weight is 239 g/mol. The van der Waals surface area contributed by atoms with E-state index in [1.165, 1.54) is 24.3 Å². The fourth-order valence-electron chi connectivity index (χ4n) is 0.677. The molecule has 0 fully saturated rings. The first-order valence-electron chi connectivity index (χ1n) is 3.40. The van der Waals surface area contributed by atoms with Crippen molar-refractivity contribution in [1.29, 1.82) is 0 Å². The van der Waals surface area contributed by atoms with E-state index in [9.17, 15) is 21.8 Å². The van der Waals surface area contributed by atoms with Crippen molar-refractivity contribution in [2.24, 2.45) is 0 Å². The fourth-order valence-corrected chi connectivity index (χ4v) is 1.94. The lowest BCUT2D eigenvalue weighted by Crippen LogP contribution is -2.23. The molecule has 0 spiro atoms. The lowest BCUT2D eigenvalue weighted by molar-refractivity contribution is 0.178. The number of thioether (sulfide) groups is 1. The Kier molecular flexibility index (Phi) is 3.13. The Morgan fingerprint density at radius 1 is 1.21 bits per heavy atom. The van der Waals surface area contributed by atoms with Crippen LogP contribution in [0.15, 0.2) is 35.2 Å². The van der Waals surface area contributed by atoms with E-state index >= 15 is 0 Å². The second-order valence-corrected chi connectivity index (χ2v) is 5.20. The molecule has 78 valence electrons. The molecule has 14 heavy (non-hydrogen) atoms. The summed E-state index contributed by atoms with van der Waals surface area (Å²) in [5.41, 5.74) is 0. The van der Waals surface area contributed by atoms with E-state index in [0.717, 1.165) is 0 Å². The van der Waals surface area contributed by atoms with Gasteiger partial charge in [-0.1, -0.05) is 18.2 Å². The van der Waals surface area contributed by atoms with Crippen LogP contribution < -0.4 is 0 Å². The van der Waals surface area contributed by atoms with Gasteiger partial charge in [-0.05, 0) is 23.9 Å². The van der Waals surface area contributed by atoms with Crippen molar-refractivity contribution in [2.75, 3.05) is 0 Å². The molecule has 0 saturated carbocycles. The van der Waals surface area contributed by atoms with Crippen molar-refractivity contribution in [1.82, 2.24) is 0 Å². The van der Waals surface area contributed by atoms with Crippen LogP contribution in [-0.2, 0) is 10.1 Å². The summed E-state index contributed by atoms with van der Waals surface area (Å²) in [5.74, 6) is 0. The van der Waals surface area contributed by atoms with Gasteiger partial charge in [0.05, 0.1) is 0 Å². The minimum atomic E-state index is -5.62. The van der Waals surface area contributed by atoms with Crippen LogP contribution in [0.3, 0.4) is 0 Å². The Labute approximate surface area is 83.9 Å². The van der Waals surface area contributed by atoms with Gasteiger partial charge in [0, 0.05) is 4.90 Å². The van der Waals surface area contributed by atoms with Crippen molar-refractivity contribution in [3.05, 3.63) is 30.3 Å². The number of halogens is 2. The standard InChI is InChI=1S/C7H6F2O3S2/c8-7(9,14(10,11)12)13-6-4-2-1-3-5-6/h1-5H,(H,10,11,12)/p-1. The van der Waals surface area contributed by atoms with Gasteiger partial charge in [0.15, 0.2) is 10.1 Å². The zero-order valence-corrected chi connectivity index (χ0v) is 8.32. The SMILES string of the molecule is O=S(=O)([O-])C(F)(F)Sc1ccccc1. The summed E-state index contributed by atoms with van der Waals surface area (Å²) in [5, 5.41) is 0. The Morgan fingerprint density at radius 2 is 1.71 bits per heavy atom. The highest BCUT2D eigenvalue weighted by Gasteiger charge is 2.38. The summed E-state index contributed by atoms with van der Waals surface area (Å²) in [6.45, 7) is 0. The summed E-state index contributed by atoms with van der Waals surface area (Å²) >= 11 is -0.281. The Balaban J connectivity index is 2.90. The monoisotopic (exact) mass is 239 g/mol. The Bertz CT molecular complexity index is 402. The van der Waals surface area contributed by atoms with Crippen LogP contribution in [0.25, 0.3) is 0 Å². The maximum atomic E-state index is 12.7. The molecule has 0 N–H and O–H groups in total. The quantitative estimate of drug-likeness (QED) is 0.597. The molecular formula is C7H5F2O3S2-. The van der Waals surface area contributed by atoms with Crippen LogP contribution in [0.1, 0.15) is 0 Å².